The Morgan fingerprint density at radius 3 is 2.52 bits per heavy atom. The number of benzene rings is 1. The first kappa shape index (κ1) is 19.7. The fourth-order valence-corrected chi connectivity index (χ4v) is 2.73. The Bertz CT molecular complexity index is 575. The number of amides is 2. The molecule has 1 aromatic carbocycles. The molecule has 0 spiro atoms. The summed E-state index contributed by atoms with van der Waals surface area (Å²) >= 11 is 6.08. The molecule has 128 valence electrons. The summed E-state index contributed by atoms with van der Waals surface area (Å²) in [5.74, 6) is -0.409. The topological polar surface area (TPSA) is 93.5 Å². The summed E-state index contributed by atoms with van der Waals surface area (Å²) in [6.45, 7) is 1.33. The Labute approximate surface area is 146 Å². The minimum Gasteiger partial charge on any atom is -0.381 e. The molecule has 0 unspecified atom stereocenters. The number of hydrogen-bond acceptors (Lipinski definition) is 4. The van der Waals surface area contributed by atoms with Crippen LogP contribution >= 0.6 is 24.0 Å². The van der Waals surface area contributed by atoms with Gasteiger partial charge in [-0.3, -0.25) is 9.59 Å². The fourth-order valence-electron chi connectivity index (χ4n) is 2.46. The number of nitrogens with two attached hydrogens (primary N) is 1. The van der Waals surface area contributed by atoms with Crippen molar-refractivity contribution in [1.29, 1.82) is 0 Å². The molecule has 1 aliphatic heterocycles. The second-order valence-electron chi connectivity index (χ2n) is 5.32. The molecule has 0 bridgehead atoms. The van der Waals surface area contributed by atoms with Crippen LogP contribution in [0.4, 0.5) is 5.69 Å². The predicted molar refractivity (Wildman–Crippen MR) is 92.3 cm³/mol. The highest BCUT2D eigenvalue weighted by Crippen LogP contribution is 2.31. The van der Waals surface area contributed by atoms with E-state index in [1.54, 1.807) is 18.2 Å². The van der Waals surface area contributed by atoms with Crippen LogP contribution in [0, 0.1) is 5.41 Å². The summed E-state index contributed by atoms with van der Waals surface area (Å²) in [7, 11) is 1.53. The first-order chi connectivity index (χ1) is 10.5. The zero-order valence-electron chi connectivity index (χ0n) is 12.9. The molecule has 0 radical (unpaired) electrons. The second kappa shape index (κ2) is 8.49. The third-order valence-electron chi connectivity index (χ3n) is 4.02. The minimum atomic E-state index is -0.607. The molecule has 1 fully saturated rings. The van der Waals surface area contributed by atoms with E-state index in [-0.39, 0.29) is 35.8 Å². The number of carbonyl (C=O) groups is 2. The molecule has 23 heavy (non-hydrogen) atoms. The second-order valence-corrected chi connectivity index (χ2v) is 5.73. The summed E-state index contributed by atoms with van der Waals surface area (Å²) in [5, 5.41) is 5.63. The van der Waals surface area contributed by atoms with Crippen molar-refractivity contribution in [3.05, 3.63) is 28.8 Å². The summed E-state index contributed by atoms with van der Waals surface area (Å²) < 4.78 is 5.30. The number of nitrogens with one attached hydrogen (secondary N) is 2. The molecular formula is C15H21Cl2N3O3. The number of rotatable bonds is 4. The van der Waals surface area contributed by atoms with Gasteiger partial charge in [0.15, 0.2) is 0 Å². The first-order valence-electron chi connectivity index (χ1n) is 7.13. The Hall–Kier alpha value is -1.34. The van der Waals surface area contributed by atoms with Crippen molar-refractivity contribution in [1.82, 2.24) is 5.32 Å². The van der Waals surface area contributed by atoms with E-state index >= 15 is 0 Å². The van der Waals surface area contributed by atoms with Gasteiger partial charge in [-0.15, -0.1) is 12.4 Å². The third-order valence-corrected chi connectivity index (χ3v) is 4.33. The summed E-state index contributed by atoms with van der Waals surface area (Å²) in [5.41, 5.74) is 6.11. The maximum Gasteiger partial charge on any atom is 0.252 e. The van der Waals surface area contributed by atoms with Crippen molar-refractivity contribution >= 4 is 41.5 Å². The van der Waals surface area contributed by atoms with Crippen LogP contribution in [0.3, 0.4) is 0 Å². The molecular weight excluding hydrogens is 341 g/mol. The van der Waals surface area contributed by atoms with Crippen molar-refractivity contribution in [2.75, 3.05) is 32.1 Å². The molecule has 0 atom stereocenters. The average molecular weight is 362 g/mol. The fraction of sp³-hybridized carbons (Fsp3) is 0.467. The molecule has 1 aliphatic rings. The Morgan fingerprint density at radius 1 is 1.35 bits per heavy atom. The van der Waals surface area contributed by atoms with Gasteiger partial charge < -0.3 is 21.1 Å². The van der Waals surface area contributed by atoms with Crippen molar-refractivity contribution in [3.63, 3.8) is 0 Å². The van der Waals surface area contributed by atoms with E-state index in [1.807, 2.05) is 0 Å². The molecule has 0 aliphatic carbocycles. The molecule has 2 rings (SSSR count). The van der Waals surface area contributed by atoms with E-state index in [0.29, 0.717) is 37.3 Å². The van der Waals surface area contributed by atoms with Gasteiger partial charge >= 0.3 is 0 Å². The van der Waals surface area contributed by atoms with Crippen LogP contribution in [-0.2, 0) is 9.53 Å². The van der Waals surface area contributed by atoms with Gasteiger partial charge in [0.25, 0.3) is 5.91 Å². The number of carbonyl (C=O) groups excluding carboxylic acids is 2. The Balaban J connectivity index is 0.00000264. The highest BCUT2D eigenvalue weighted by molar-refractivity contribution is 6.34. The molecule has 1 heterocycles. The van der Waals surface area contributed by atoms with Crippen LogP contribution in [0.2, 0.25) is 5.02 Å². The van der Waals surface area contributed by atoms with Crippen molar-refractivity contribution in [2.24, 2.45) is 11.1 Å². The van der Waals surface area contributed by atoms with E-state index in [4.69, 9.17) is 22.1 Å². The lowest BCUT2D eigenvalue weighted by Crippen LogP contribution is -2.46. The van der Waals surface area contributed by atoms with E-state index in [9.17, 15) is 9.59 Å². The molecule has 4 N–H and O–H groups in total. The largest absolute Gasteiger partial charge is 0.381 e. The maximum atomic E-state index is 12.5. The van der Waals surface area contributed by atoms with Crippen LogP contribution in [0.5, 0.6) is 0 Å². The molecule has 1 aromatic rings. The van der Waals surface area contributed by atoms with Gasteiger partial charge in [-0.2, -0.15) is 0 Å². The van der Waals surface area contributed by atoms with Gasteiger partial charge in [-0.25, -0.2) is 0 Å². The van der Waals surface area contributed by atoms with Gasteiger partial charge in [0.2, 0.25) is 5.91 Å². The van der Waals surface area contributed by atoms with Crippen molar-refractivity contribution < 1.29 is 14.3 Å². The molecule has 2 amide bonds. The standard InChI is InChI=1S/C15H20ClN3O3.ClH/c1-18-13(20)11-3-2-10(8-12(11)16)19-14(21)15(9-17)4-6-22-7-5-15;/h2-3,8H,4-7,9,17H2,1H3,(H,18,20)(H,19,21);1H. The van der Waals surface area contributed by atoms with Crippen molar-refractivity contribution in [3.8, 4) is 0 Å². The normalized spacial score (nSPS) is 16.1. The molecule has 0 saturated carbocycles. The van der Waals surface area contributed by atoms with Crippen LogP contribution in [0.1, 0.15) is 23.2 Å². The number of halogens is 2. The molecule has 6 nitrogen and oxygen atoms in total. The summed E-state index contributed by atoms with van der Waals surface area (Å²) in [6.07, 6.45) is 1.19. The number of hydrogen-bond donors (Lipinski definition) is 3. The smallest absolute Gasteiger partial charge is 0.252 e. The lowest BCUT2D eigenvalue weighted by atomic mass is 9.79. The monoisotopic (exact) mass is 361 g/mol. The summed E-state index contributed by atoms with van der Waals surface area (Å²) in [6, 6.07) is 4.79. The van der Waals surface area contributed by atoms with Crippen LogP contribution < -0.4 is 16.4 Å². The van der Waals surface area contributed by atoms with E-state index < -0.39 is 5.41 Å². The molecule has 8 heteroatoms. The number of ether oxygens (including phenoxy) is 1. The summed E-state index contributed by atoms with van der Waals surface area (Å²) in [4.78, 5) is 24.1. The first-order valence-corrected chi connectivity index (χ1v) is 7.51. The van der Waals surface area contributed by atoms with E-state index in [1.165, 1.54) is 7.05 Å². The van der Waals surface area contributed by atoms with E-state index in [2.05, 4.69) is 10.6 Å². The minimum absolute atomic E-state index is 0. The molecule has 0 aromatic heterocycles. The number of anilines is 1. The lowest BCUT2D eigenvalue weighted by molar-refractivity contribution is -0.130. The quantitative estimate of drug-likeness (QED) is 0.762. The van der Waals surface area contributed by atoms with Gasteiger partial charge in [-0.05, 0) is 31.0 Å². The Kier molecular flexibility index (Phi) is 7.28. The van der Waals surface area contributed by atoms with Crippen LogP contribution in [0.25, 0.3) is 0 Å². The van der Waals surface area contributed by atoms with Crippen LogP contribution in [-0.4, -0.2) is 38.6 Å². The van der Waals surface area contributed by atoms with Crippen molar-refractivity contribution in [2.45, 2.75) is 12.8 Å². The lowest BCUT2D eigenvalue weighted by Gasteiger charge is -2.34. The van der Waals surface area contributed by atoms with Gasteiger partial charge in [-0.1, -0.05) is 11.6 Å². The zero-order valence-corrected chi connectivity index (χ0v) is 14.4. The maximum absolute atomic E-state index is 12.5. The zero-order chi connectivity index (χ0) is 16.2. The average Bonchev–Trinajstić information content (AvgIpc) is 2.54. The highest BCUT2D eigenvalue weighted by atomic mass is 35.5. The van der Waals surface area contributed by atoms with Gasteiger partial charge in [0, 0.05) is 32.5 Å². The molecule has 1 saturated heterocycles. The van der Waals surface area contributed by atoms with Gasteiger partial charge in [0.1, 0.15) is 0 Å². The highest BCUT2D eigenvalue weighted by Gasteiger charge is 2.38. The third kappa shape index (κ3) is 4.35. The predicted octanol–water partition coefficient (Wildman–Crippen LogP) is 1.82. The van der Waals surface area contributed by atoms with E-state index in [0.717, 1.165) is 0 Å². The Morgan fingerprint density at radius 2 is 2.00 bits per heavy atom. The SMILES string of the molecule is CNC(=O)c1ccc(NC(=O)C2(CN)CCOCC2)cc1Cl.Cl. The van der Waals surface area contributed by atoms with Gasteiger partial charge in [0.05, 0.1) is 16.0 Å². The van der Waals surface area contributed by atoms with Crippen LogP contribution in [0.15, 0.2) is 18.2 Å².